The van der Waals surface area contributed by atoms with Gasteiger partial charge in [-0.15, -0.1) is 0 Å². The Balaban J connectivity index is 1.66. The van der Waals surface area contributed by atoms with Crippen molar-refractivity contribution in [3.8, 4) is 0 Å². The highest BCUT2D eigenvalue weighted by atomic mass is 32.2. The van der Waals surface area contributed by atoms with Crippen molar-refractivity contribution in [1.29, 1.82) is 0 Å². The number of rotatable bonds is 6. The van der Waals surface area contributed by atoms with Crippen molar-refractivity contribution in [3.63, 3.8) is 0 Å². The number of halogens is 1. The van der Waals surface area contributed by atoms with Crippen molar-refractivity contribution >= 4 is 28.7 Å². The van der Waals surface area contributed by atoms with E-state index in [4.69, 9.17) is 0 Å². The highest BCUT2D eigenvalue weighted by Crippen LogP contribution is 2.40. The van der Waals surface area contributed by atoms with Gasteiger partial charge >= 0.3 is 0 Å². The summed E-state index contributed by atoms with van der Waals surface area (Å²) in [5.41, 5.74) is 1.42. The predicted octanol–water partition coefficient (Wildman–Crippen LogP) is 3.40. The number of benzene rings is 1. The van der Waals surface area contributed by atoms with E-state index in [9.17, 15) is 14.0 Å². The number of ketones is 1. The van der Waals surface area contributed by atoms with Gasteiger partial charge in [0.15, 0.2) is 10.9 Å². The van der Waals surface area contributed by atoms with Crippen LogP contribution in [0.15, 0.2) is 36.2 Å². The van der Waals surface area contributed by atoms with Gasteiger partial charge in [-0.25, -0.2) is 9.37 Å². The Morgan fingerprint density at radius 3 is 2.76 bits per heavy atom. The van der Waals surface area contributed by atoms with Crippen LogP contribution in [0.3, 0.4) is 0 Å². The van der Waals surface area contributed by atoms with Crippen molar-refractivity contribution < 1.29 is 14.0 Å². The third-order valence-corrected chi connectivity index (χ3v) is 6.51. The molecule has 1 N–H and O–H groups in total. The molecule has 1 aromatic heterocycles. The molecule has 8 heteroatoms. The number of carbonyl (C=O) groups is 2. The normalized spacial score (nSPS) is 22.6. The number of H-pyrrole nitrogens is 1. The maximum atomic E-state index is 14.6. The Hall–Kier alpha value is -2.32. The molecule has 0 bridgehead atoms. The van der Waals surface area contributed by atoms with Gasteiger partial charge in [0.05, 0.1) is 6.04 Å². The van der Waals surface area contributed by atoms with E-state index >= 15 is 0 Å². The van der Waals surface area contributed by atoms with Crippen molar-refractivity contribution in [3.05, 3.63) is 53.4 Å². The molecule has 0 amide bonds. The molecule has 2 atom stereocenters. The zero-order chi connectivity index (χ0) is 20.4. The first kappa shape index (κ1) is 20.0. The molecular formula is C21H23FN4O2S. The lowest BCUT2D eigenvalue weighted by Gasteiger charge is -2.38. The van der Waals surface area contributed by atoms with E-state index in [1.807, 2.05) is 11.0 Å². The highest BCUT2D eigenvalue weighted by Gasteiger charge is 2.41. The Kier molecular flexibility index (Phi) is 5.91. The van der Waals surface area contributed by atoms with Gasteiger partial charge in [0, 0.05) is 36.7 Å². The van der Waals surface area contributed by atoms with Gasteiger partial charge in [0.1, 0.15) is 18.0 Å². The van der Waals surface area contributed by atoms with E-state index in [1.54, 1.807) is 25.1 Å². The maximum Gasteiger partial charge on any atom is 0.186 e. The molecule has 2 unspecified atom stereocenters. The van der Waals surface area contributed by atoms with Gasteiger partial charge in [0.25, 0.3) is 0 Å². The Labute approximate surface area is 173 Å². The monoisotopic (exact) mass is 414 g/mol. The molecule has 152 valence electrons. The van der Waals surface area contributed by atoms with Crippen LogP contribution in [-0.4, -0.2) is 49.3 Å². The minimum atomic E-state index is -0.606. The number of carbonyl (C=O) groups excluding carboxylic acids is 2. The zero-order valence-electron chi connectivity index (χ0n) is 16.2. The van der Waals surface area contributed by atoms with E-state index < -0.39 is 6.04 Å². The van der Waals surface area contributed by atoms with Crippen LogP contribution in [0.25, 0.3) is 6.08 Å². The van der Waals surface area contributed by atoms with Crippen LogP contribution in [0.1, 0.15) is 43.6 Å². The lowest BCUT2D eigenvalue weighted by molar-refractivity contribution is -0.126. The summed E-state index contributed by atoms with van der Waals surface area (Å²) < 4.78 is 14.6. The molecule has 2 fully saturated rings. The fraction of sp³-hybridized carbons (Fsp3) is 0.429. The third kappa shape index (κ3) is 4.64. The molecule has 2 heterocycles. The molecule has 1 aliphatic carbocycles. The summed E-state index contributed by atoms with van der Waals surface area (Å²) in [7, 11) is 0. The van der Waals surface area contributed by atoms with Crippen LogP contribution in [0.4, 0.5) is 4.39 Å². The second-order valence-electron chi connectivity index (χ2n) is 7.55. The fourth-order valence-electron chi connectivity index (χ4n) is 3.86. The van der Waals surface area contributed by atoms with E-state index in [0.29, 0.717) is 30.9 Å². The van der Waals surface area contributed by atoms with E-state index in [-0.39, 0.29) is 27.9 Å². The fourth-order valence-corrected chi connectivity index (χ4v) is 4.77. The van der Waals surface area contributed by atoms with Gasteiger partial charge in [0.2, 0.25) is 0 Å². The van der Waals surface area contributed by atoms with Crippen LogP contribution in [-0.2, 0) is 9.59 Å². The molecule has 2 aromatic rings. The third-order valence-electron chi connectivity index (χ3n) is 5.36. The Morgan fingerprint density at radius 1 is 1.31 bits per heavy atom. The first-order valence-electron chi connectivity index (χ1n) is 9.78. The molecule has 6 nitrogen and oxygen atoms in total. The number of Topliss-reactive ketones (excluding diaryl/α,β-unsaturated/α-hetero) is 1. The van der Waals surface area contributed by atoms with Crippen molar-refractivity contribution in [2.24, 2.45) is 5.92 Å². The molecule has 1 saturated heterocycles. The maximum absolute atomic E-state index is 14.6. The van der Waals surface area contributed by atoms with Crippen LogP contribution in [0.5, 0.6) is 0 Å². The van der Waals surface area contributed by atoms with E-state index in [1.165, 1.54) is 24.2 Å². The molecule has 4 rings (SSSR count). The number of likely N-dealkylation sites (tertiary alicyclic amines) is 1. The van der Waals surface area contributed by atoms with Crippen LogP contribution in [0, 0.1) is 11.7 Å². The first-order valence-corrected chi connectivity index (χ1v) is 10.7. The quantitative estimate of drug-likeness (QED) is 0.781. The molecule has 0 radical (unpaired) electrons. The van der Waals surface area contributed by atoms with Crippen LogP contribution >= 0.6 is 11.8 Å². The predicted molar refractivity (Wildman–Crippen MR) is 109 cm³/mol. The number of nitrogens with one attached hydrogen (secondary N) is 1. The van der Waals surface area contributed by atoms with Crippen LogP contribution < -0.4 is 0 Å². The molecule has 0 spiro atoms. The summed E-state index contributed by atoms with van der Waals surface area (Å²) in [6.07, 6.45) is 5.77. The minimum Gasteiger partial charge on any atom is -0.297 e. The topological polar surface area (TPSA) is 79.0 Å². The van der Waals surface area contributed by atoms with E-state index in [2.05, 4.69) is 15.2 Å². The summed E-state index contributed by atoms with van der Waals surface area (Å²) in [6, 6.07) is 5.92. The number of hydrogen-bond donors (Lipinski definition) is 1. The summed E-state index contributed by atoms with van der Waals surface area (Å²) >= 11 is 1.29. The van der Waals surface area contributed by atoms with Gasteiger partial charge in [-0.1, -0.05) is 30.0 Å². The Morgan fingerprint density at radius 2 is 2.10 bits per heavy atom. The zero-order valence-corrected chi connectivity index (χ0v) is 17.0. The molecule has 1 saturated carbocycles. The van der Waals surface area contributed by atoms with E-state index in [0.717, 1.165) is 18.4 Å². The average Bonchev–Trinajstić information content (AvgIpc) is 3.42. The number of hydrogen-bond acceptors (Lipinski definition) is 6. The second kappa shape index (κ2) is 8.59. The van der Waals surface area contributed by atoms with Crippen molar-refractivity contribution in [1.82, 2.24) is 20.1 Å². The lowest BCUT2D eigenvalue weighted by atomic mass is 9.93. The second-order valence-corrected chi connectivity index (χ2v) is 8.93. The lowest BCUT2D eigenvalue weighted by Crippen LogP contribution is -2.43. The van der Waals surface area contributed by atoms with Crippen molar-refractivity contribution in [2.45, 2.75) is 37.5 Å². The summed E-state index contributed by atoms with van der Waals surface area (Å²) in [5.74, 6) is 0.358. The molecular weight excluding hydrogens is 391 g/mol. The van der Waals surface area contributed by atoms with Gasteiger partial charge in [-0.2, -0.15) is 5.10 Å². The average molecular weight is 415 g/mol. The van der Waals surface area contributed by atoms with Crippen molar-refractivity contribution in [2.75, 3.05) is 13.1 Å². The number of thioether (sulfide) groups is 1. The van der Waals surface area contributed by atoms with Gasteiger partial charge in [-0.05, 0) is 37.0 Å². The van der Waals surface area contributed by atoms with Crippen LogP contribution in [0.2, 0.25) is 0 Å². The highest BCUT2D eigenvalue weighted by molar-refractivity contribution is 8.14. The summed E-state index contributed by atoms with van der Waals surface area (Å²) in [6.45, 7) is 2.65. The molecule has 1 aliphatic heterocycles. The first-order chi connectivity index (χ1) is 14.0. The SMILES string of the molecule is CC(=O)SC1CCN(C(C(=O)C2CC2)c2ccccc2F)CC1=Cc1ncn[nH]1. The van der Waals surface area contributed by atoms with Gasteiger partial charge < -0.3 is 0 Å². The summed E-state index contributed by atoms with van der Waals surface area (Å²) in [4.78, 5) is 31.1. The molecule has 2 aliphatic rings. The van der Waals surface area contributed by atoms with Gasteiger partial charge in [-0.3, -0.25) is 19.6 Å². The number of aromatic nitrogens is 3. The Bertz CT molecular complexity index is 927. The number of nitrogens with zero attached hydrogens (tertiary/aromatic N) is 3. The summed E-state index contributed by atoms with van der Waals surface area (Å²) in [5, 5.41) is 6.75. The molecule has 1 aromatic carbocycles. The minimum absolute atomic E-state index is 0.00569. The largest absolute Gasteiger partial charge is 0.297 e. The number of piperidine rings is 1. The standard InChI is InChI=1S/C21H23FN4O2S/c1-13(27)29-18-8-9-26(11-15(18)10-19-23-12-24-25-19)20(21(28)14-6-7-14)16-4-2-3-5-17(16)22/h2-5,10,12,14,18,20H,6-9,11H2,1H3,(H,23,24,25). The molecule has 29 heavy (non-hydrogen) atoms. The number of aromatic amines is 1. The smallest absolute Gasteiger partial charge is 0.186 e.